The molecule has 0 spiro atoms. The molecule has 0 unspecified atom stereocenters. The third-order valence-corrected chi connectivity index (χ3v) is 10.2. The number of hydrogen-bond donors (Lipinski definition) is 2. The molecule has 0 atom stereocenters. The van der Waals surface area contributed by atoms with Crippen molar-refractivity contribution in [3.8, 4) is 27.7 Å². The number of benzene rings is 4. The van der Waals surface area contributed by atoms with E-state index in [2.05, 4.69) is 98.3 Å². The lowest BCUT2D eigenvalue weighted by atomic mass is 10.0. The average molecular weight is 729 g/mol. The van der Waals surface area contributed by atoms with E-state index in [9.17, 15) is 5.26 Å². The second kappa shape index (κ2) is 14.3. The highest BCUT2D eigenvalue weighted by atomic mass is 32.2. The fourth-order valence-corrected chi connectivity index (χ4v) is 7.62. The van der Waals surface area contributed by atoms with Gasteiger partial charge in [-0.05, 0) is 82.7 Å². The van der Waals surface area contributed by atoms with E-state index in [0.29, 0.717) is 22.0 Å². The fourth-order valence-electron chi connectivity index (χ4n) is 6.99. The van der Waals surface area contributed by atoms with Crippen LogP contribution in [0.1, 0.15) is 33.9 Å². The summed E-state index contributed by atoms with van der Waals surface area (Å²) in [6.07, 6.45) is 4.18. The van der Waals surface area contributed by atoms with Gasteiger partial charge in [-0.25, -0.2) is 9.97 Å². The number of aromatic amines is 2. The molecule has 4 aromatic carbocycles. The average Bonchev–Trinajstić information content (AvgIpc) is 4.04. The highest BCUT2D eigenvalue weighted by Crippen LogP contribution is 2.40. The number of thiocarbonyl (C=S) groups is 1. The molecule has 5 heterocycles. The summed E-state index contributed by atoms with van der Waals surface area (Å²) < 4.78 is 0. The zero-order chi connectivity index (χ0) is 36.4. The van der Waals surface area contributed by atoms with Gasteiger partial charge in [0.2, 0.25) is 0 Å². The molecule has 9 rings (SSSR count). The SMILES string of the molecule is N#CSc1cc2[nH]c(cc2-c2ccccc2)c2nc(c(N=C=S)cc3[nH]c(cc3-c3ccccc3)c3nc1C(c1ccccc1)=C3)C(c1ccccc1)=C2. The minimum absolute atomic E-state index is 0.566. The second-order valence-corrected chi connectivity index (χ2v) is 13.7. The fraction of sp³-hybridized carbons (Fsp3) is 0. The van der Waals surface area contributed by atoms with Crippen LogP contribution in [-0.4, -0.2) is 25.1 Å². The van der Waals surface area contributed by atoms with E-state index in [1.54, 1.807) is 0 Å². The quantitative estimate of drug-likeness (QED) is 0.0769. The zero-order valence-electron chi connectivity index (χ0n) is 28.6. The normalized spacial score (nSPS) is 12.0. The third-order valence-electron chi connectivity index (χ3n) is 9.48. The van der Waals surface area contributed by atoms with E-state index in [1.807, 2.05) is 84.9 Å². The van der Waals surface area contributed by atoms with Gasteiger partial charge in [-0.3, -0.25) is 0 Å². The van der Waals surface area contributed by atoms with Crippen molar-refractivity contribution in [1.82, 2.24) is 19.9 Å². The van der Waals surface area contributed by atoms with Crippen LogP contribution in [0.4, 0.5) is 5.69 Å². The Kier molecular flexibility index (Phi) is 8.72. The van der Waals surface area contributed by atoms with Crippen molar-refractivity contribution in [2.24, 2.45) is 4.99 Å². The molecule has 8 bridgehead atoms. The van der Waals surface area contributed by atoms with Gasteiger partial charge in [0.15, 0.2) is 0 Å². The molecular formula is C46H28N6S2. The topological polar surface area (TPSA) is 93.5 Å². The molecule has 0 saturated heterocycles. The van der Waals surface area contributed by atoms with Crippen LogP contribution < -0.4 is 0 Å². The first-order chi connectivity index (χ1) is 26.7. The van der Waals surface area contributed by atoms with Crippen LogP contribution in [-0.2, 0) is 0 Å². The number of hydrogen-bond acceptors (Lipinski definition) is 6. The van der Waals surface area contributed by atoms with Gasteiger partial charge < -0.3 is 9.97 Å². The molecule has 2 aliphatic rings. The number of nitriles is 1. The summed E-state index contributed by atoms with van der Waals surface area (Å²) in [6.45, 7) is 0. The highest BCUT2D eigenvalue weighted by Gasteiger charge is 2.22. The summed E-state index contributed by atoms with van der Waals surface area (Å²) in [7, 11) is 0. The van der Waals surface area contributed by atoms with Crippen molar-refractivity contribution in [3.63, 3.8) is 0 Å². The number of nitrogens with zero attached hydrogens (tertiary/aromatic N) is 4. The number of rotatable bonds is 6. The van der Waals surface area contributed by atoms with Crippen molar-refractivity contribution in [2.75, 3.05) is 0 Å². The maximum absolute atomic E-state index is 10.2. The number of fused-ring (bicyclic) bond motifs is 10. The van der Waals surface area contributed by atoms with Crippen molar-refractivity contribution in [2.45, 2.75) is 4.90 Å². The molecule has 8 heteroatoms. The number of aliphatic imine (C=N–C) groups is 1. The zero-order valence-corrected chi connectivity index (χ0v) is 30.2. The van der Waals surface area contributed by atoms with Gasteiger partial charge in [0.25, 0.3) is 0 Å². The number of thioether (sulfide) groups is 1. The molecule has 0 amide bonds. The van der Waals surface area contributed by atoms with Gasteiger partial charge >= 0.3 is 0 Å². The Morgan fingerprint density at radius 1 is 0.537 bits per heavy atom. The van der Waals surface area contributed by atoms with Crippen LogP contribution in [0.3, 0.4) is 0 Å². The van der Waals surface area contributed by atoms with Crippen molar-refractivity contribution >= 4 is 80.2 Å². The van der Waals surface area contributed by atoms with Crippen LogP contribution in [0, 0.1) is 10.7 Å². The summed E-state index contributed by atoms with van der Waals surface area (Å²) in [6, 6.07) is 49.0. The van der Waals surface area contributed by atoms with E-state index in [1.165, 1.54) is 0 Å². The largest absolute Gasteiger partial charge is 0.353 e. The van der Waals surface area contributed by atoms with Crippen LogP contribution >= 0.6 is 24.0 Å². The Bertz CT molecular complexity index is 2900. The predicted molar refractivity (Wildman–Crippen MR) is 225 cm³/mol. The van der Waals surface area contributed by atoms with Gasteiger partial charge in [0.1, 0.15) is 11.1 Å². The molecule has 0 fully saturated rings. The number of aromatic nitrogens is 4. The number of thiocyanates is 1. The number of nitrogens with one attached hydrogen (secondary N) is 2. The van der Waals surface area contributed by atoms with E-state index in [-0.39, 0.29) is 0 Å². The lowest BCUT2D eigenvalue weighted by Crippen LogP contribution is -1.88. The number of isothiocyanates is 1. The van der Waals surface area contributed by atoms with E-state index < -0.39 is 0 Å². The van der Waals surface area contributed by atoms with E-state index in [4.69, 9.17) is 22.2 Å². The molecule has 254 valence electrons. The Morgan fingerprint density at radius 2 is 0.981 bits per heavy atom. The van der Waals surface area contributed by atoms with Crippen LogP contribution in [0.5, 0.6) is 0 Å². The van der Waals surface area contributed by atoms with Crippen LogP contribution in [0.25, 0.3) is 67.6 Å². The summed E-state index contributed by atoms with van der Waals surface area (Å²) >= 11 is 6.34. The Morgan fingerprint density at radius 3 is 1.46 bits per heavy atom. The predicted octanol–water partition coefficient (Wildman–Crippen LogP) is 12.1. The van der Waals surface area contributed by atoms with Gasteiger partial charge in [-0.15, -0.1) is 0 Å². The molecule has 7 aromatic rings. The maximum Gasteiger partial charge on any atom is 0.138 e. The lowest BCUT2D eigenvalue weighted by molar-refractivity contribution is 1.23. The van der Waals surface area contributed by atoms with Gasteiger partial charge in [0, 0.05) is 33.3 Å². The minimum Gasteiger partial charge on any atom is -0.353 e. The van der Waals surface area contributed by atoms with Crippen molar-refractivity contribution in [3.05, 3.63) is 179 Å². The second-order valence-electron chi connectivity index (χ2n) is 12.7. The summed E-state index contributed by atoms with van der Waals surface area (Å²) in [5, 5.41) is 15.2. The molecule has 0 aliphatic carbocycles. The van der Waals surface area contributed by atoms with Gasteiger partial charge in [-0.2, -0.15) is 10.3 Å². The van der Waals surface area contributed by atoms with E-state index >= 15 is 0 Å². The molecule has 6 nitrogen and oxygen atoms in total. The molecule has 0 saturated carbocycles. The third kappa shape index (κ3) is 6.19. The first kappa shape index (κ1) is 33.0. The number of H-pyrrole nitrogens is 2. The highest BCUT2D eigenvalue weighted by molar-refractivity contribution is 8.03. The molecule has 54 heavy (non-hydrogen) atoms. The van der Waals surface area contributed by atoms with Crippen LogP contribution in [0.2, 0.25) is 0 Å². The van der Waals surface area contributed by atoms with Crippen LogP contribution in [0.15, 0.2) is 155 Å². The van der Waals surface area contributed by atoms with Gasteiger partial charge in [0.05, 0.1) is 43.9 Å². The molecule has 2 aliphatic heterocycles. The van der Waals surface area contributed by atoms with Crippen molar-refractivity contribution in [1.29, 1.82) is 5.26 Å². The molecule has 3 aromatic heterocycles. The monoisotopic (exact) mass is 728 g/mol. The Labute approximate surface area is 321 Å². The lowest BCUT2D eigenvalue weighted by Gasteiger charge is -2.05. The Hall–Kier alpha value is -6.88. The summed E-state index contributed by atoms with van der Waals surface area (Å²) in [5.74, 6) is 0. The Balaban J connectivity index is 1.48. The van der Waals surface area contributed by atoms with Gasteiger partial charge in [-0.1, -0.05) is 121 Å². The first-order valence-electron chi connectivity index (χ1n) is 17.3. The molecule has 0 radical (unpaired) electrons. The first-order valence-corrected chi connectivity index (χ1v) is 18.5. The van der Waals surface area contributed by atoms with E-state index in [0.717, 1.165) is 89.7 Å². The maximum atomic E-state index is 10.2. The minimum atomic E-state index is 0.566. The molecular weight excluding hydrogens is 701 g/mol. The van der Waals surface area contributed by atoms with Crippen molar-refractivity contribution < 1.29 is 0 Å². The standard InChI is InChI=1S/C46H28N6S2/c47-27-54-44-26-38-34(30-15-7-2-8-16-30)22-39(50-38)41-23-35(31-17-9-3-10-18-31)45(51-41)43(48-28-53)25-37-33(29-13-5-1-6-14-29)21-40(49-37)42-24-36(46(44)52-42)32-19-11-4-12-20-32/h1-26,49-50H. The summed E-state index contributed by atoms with van der Waals surface area (Å²) in [5.41, 5.74) is 14.5. The molecule has 2 N–H and O–H groups in total. The smallest absolute Gasteiger partial charge is 0.138 e. The summed E-state index contributed by atoms with van der Waals surface area (Å²) in [4.78, 5) is 23.3.